The summed E-state index contributed by atoms with van der Waals surface area (Å²) in [7, 11) is 0. The minimum absolute atomic E-state index is 0.0284. The first kappa shape index (κ1) is 19.1. The molecule has 0 fully saturated rings. The molecule has 30 heavy (non-hydrogen) atoms. The maximum Gasteiger partial charge on any atom is 0.375 e. The van der Waals surface area contributed by atoms with Gasteiger partial charge in [-0.25, -0.2) is 19.7 Å². The summed E-state index contributed by atoms with van der Waals surface area (Å²) in [5.41, 5.74) is 0.879. The number of aromatic amines is 1. The van der Waals surface area contributed by atoms with Crippen LogP contribution in [-0.2, 0) is 16.1 Å². The summed E-state index contributed by atoms with van der Waals surface area (Å²) in [5.74, 6) is 0.0168. The molecule has 0 aliphatic carbocycles. The molecule has 0 unspecified atom stereocenters. The van der Waals surface area contributed by atoms with Gasteiger partial charge >= 0.3 is 5.97 Å². The summed E-state index contributed by atoms with van der Waals surface area (Å²) in [4.78, 5) is 39.5. The Morgan fingerprint density at radius 2 is 1.97 bits per heavy atom. The van der Waals surface area contributed by atoms with Gasteiger partial charge in [0, 0.05) is 0 Å². The molecule has 152 valence electrons. The predicted octanol–water partition coefficient (Wildman–Crippen LogP) is 2.71. The molecule has 0 bridgehead atoms. The molecule has 0 saturated heterocycles. The van der Waals surface area contributed by atoms with Gasteiger partial charge in [-0.1, -0.05) is 18.2 Å². The number of H-pyrrole nitrogens is 1. The van der Waals surface area contributed by atoms with E-state index in [1.54, 1.807) is 6.07 Å². The van der Waals surface area contributed by atoms with Crippen LogP contribution in [0.25, 0.3) is 11.2 Å². The second-order valence-corrected chi connectivity index (χ2v) is 6.23. The number of hydrogen-bond acceptors (Lipinski definition) is 8. The largest absolute Gasteiger partial charge is 0.486 e. The van der Waals surface area contributed by atoms with E-state index in [2.05, 4.69) is 25.3 Å². The molecule has 0 saturated carbocycles. The topological polar surface area (TPSA) is 132 Å². The highest BCUT2D eigenvalue weighted by atomic mass is 16.6. The minimum Gasteiger partial charge on any atom is -0.486 e. The van der Waals surface area contributed by atoms with Crippen LogP contribution >= 0.6 is 0 Å². The Labute approximate surface area is 170 Å². The number of nitrogens with zero attached hydrogens (tertiary/aromatic N) is 3. The minimum atomic E-state index is -1.08. The fraction of sp³-hybridized carbons (Fsp3) is 0.150. The van der Waals surface area contributed by atoms with Crippen LogP contribution in [0.4, 0.5) is 5.82 Å². The molecular weight excluding hydrogens is 390 g/mol. The third-order valence-electron chi connectivity index (χ3n) is 4.10. The summed E-state index contributed by atoms with van der Waals surface area (Å²) >= 11 is 0. The van der Waals surface area contributed by atoms with Gasteiger partial charge in [-0.3, -0.25) is 4.79 Å². The lowest BCUT2D eigenvalue weighted by Gasteiger charge is -2.12. The number of rotatable bonds is 7. The molecule has 3 aromatic heterocycles. The average Bonchev–Trinajstić information content (AvgIpc) is 3.43. The van der Waals surface area contributed by atoms with Crippen molar-refractivity contribution in [3.63, 3.8) is 0 Å². The van der Waals surface area contributed by atoms with Gasteiger partial charge in [0.2, 0.25) is 5.76 Å². The van der Waals surface area contributed by atoms with Gasteiger partial charge in [0.1, 0.15) is 30.0 Å². The van der Waals surface area contributed by atoms with Crippen molar-refractivity contribution in [1.82, 2.24) is 19.9 Å². The molecule has 3 heterocycles. The Hall–Kier alpha value is -4.21. The normalized spacial score (nSPS) is 11.8. The highest BCUT2D eigenvalue weighted by Gasteiger charge is 2.22. The molecule has 10 heteroatoms. The molecule has 4 aromatic rings. The Bertz CT molecular complexity index is 1170. The van der Waals surface area contributed by atoms with E-state index in [1.807, 2.05) is 30.3 Å². The fourth-order valence-electron chi connectivity index (χ4n) is 2.59. The SMILES string of the molecule is C[C@@H](OC(=O)c1ccc(COc2ccccc2)o1)C(=O)Nc1ncnc2nc[nH]c12. The number of aromatic nitrogens is 4. The van der Waals surface area contributed by atoms with Crippen molar-refractivity contribution in [2.75, 3.05) is 5.32 Å². The third kappa shape index (κ3) is 4.27. The quantitative estimate of drug-likeness (QED) is 0.447. The molecular formula is C20H17N5O5. The van der Waals surface area contributed by atoms with Crippen molar-refractivity contribution in [2.45, 2.75) is 19.6 Å². The Kier molecular flexibility index (Phi) is 5.37. The van der Waals surface area contributed by atoms with E-state index >= 15 is 0 Å². The zero-order valence-corrected chi connectivity index (χ0v) is 15.9. The summed E-state index contributed by atoms with van der Waals surface area (Å²) in [5, 5.41) is 2.58. The van der Waals surface area contributed by atoms with Gasteiger partial charge in [-0.2, -0.15) is 0 Å². The molecule has 0 aliphatic rings. The van der Waals surface area contributed by atoms with Crippen LogP contribution in [0, 0.1) is 0 Å². The van der Waals surface area contributed by atoms with Gasteiger partial charge in [0.05, 0.1) is 6.33 Å². The first-order valence-corrected chi connectivity index (χ1v) is 9.02. The number of nitrogens with one attached hydrogen (secondary N) is 2. The monoisotopic (exact) mass is 407 g/mol. The van der Waals surface area contributed by atoms with E-state index in [4.69, 9.17) is 13.9 Å². The number of furan rings is 1. The maximum absolute atomic E-state index is 12.4. The van der Waals surface area contributed by atoms with Gasteiger partial charge in [-0.15, -0.1) is 0 Å². The maximum atomic E-state index is 12.4. The van der Waals surface area contributed by atoms with Crippen LogP contribution in [0.1, 0.15) is 23.2 Å². The number of para-hydroxylation sites is 1. The highest BCUT2D eigenvalue weighted by molar-refractivity contribution is 6.00. The van der Waals surface area contributed by atoms with Crippen molar-refractivity contribution in [2.24, 2.45) is 0 Å². The first-order chi connectivity index (χ1) is 14.6. The second kappa shape index (κ2) is 8.43. The van der Waals surface area contributed by atoms with E-state index in [1.165, 1.54) is 25.6 Å². The number of imidazole rings is 1. The van der Waals surface area contributed by atoms with Gasteiger partial charge < -0.3 is 24.2 Å². The fourth-order valence-corrected chi connectivity index (χ4v) is 2.59. The van der Waals surface area contributed by atoms with Crippen LogP contribution in [0.3, 0.4) is 0 Å². The summed E-state index contributed by atoms with van der Waals surface area (Å²) in [6.07, 6.45) is 1.63. The molecule has 0 aliphatic heterocycles. The third-order valence-corrected chi connectivity index (χ3v) is 4.10. The van der Waals surface area contributed by atoms with Crippen LogP contribution in [0.15, 0.2) is 59.5 Å². The molecule has 0 radical (unpaired) electrons. The standard InChI is InChI=1S/C20H17N5O5/c1-12(19(26)25-18-16-17(22-10-21-16)23-11-24-18)29-20(27)15-8-7-14(30-15)9-28-13-5-3-2-4-6-13/h2-8,10-12H,9H2,1H3,(H2,21,22,23,24,25,26)/t12-/m1/s1. The van der Waals surface area contributed by atoms with Crippen molar-refractivity contribution in [3.05, 3.63) is 66.6 Å². The summed E-state index contributed by atoms with van der Waals surface area (Å²) in [6.45, 7) is 1.60. The van der Waals surface area contributed by atoms with E-state index in [9.17, 15) is 9.59 Å². The number of ether oxygens (including phenoxy) is 2. The second-order valence-electron chi connectivity index (χ2n) is 6.23. The number of amides is 1. The van der Waals surface area contributed by atoms with Crippen LogP contribution in [0.2, 0.25) is 0 Å². The van der Waals surface area contributed by atoms with Gasteiger partial charge in [-0.05, 0) is 31.2 Å². The van der Waals surface area contributed by atoms with Gasteiger partial charge in [0.25, 0.3) is 5.91 Å². The van der Waals surface area contributed by atoms with E-state index in [0.29, 0.717) is 22.7 Å². The number of carbonyl (C=O) groups is 2. The lowest BCUT2D eigenvalue weighted by Crippen LogP contribution is -2.30. The number of hydrogen-bond donors (Lipinski definition) is 2. The Balaban J connectivity index is 1.33. The molecule has 1 aromatic carbocycles. The number of fused-ring (bicyclic) bond motifs is 1. The number of benzene rings is 1. The number of carbonyl (C=O) groups excluding carboxylic acids is 2. The molecule has 2 N–H and O–H groups in total. The van der Waals surface area contributed by atoms with Crippen molar-refractivity contribution < 1.29 is 23.5 Å². The number of anilines is 1. The van der Waals surface area contributed by atoms with E-state index < -0.39 is 18.0 Å². The van der Waals surface area contributed by atoms with E-state index in [0.717, 1.165) is 0 Å². The van der Waals surface area contributed by atoms with Gasteiger partial charge in [0.15, 0.2) is 17.6 Å². The van der Waals surface area contributed by atoms with Crippen molar-refractivity contribution in [1.29, 1.82) is 0 Å². The van der Waals surface area contributed by atoms with Crippen molar-refractivity contribution in [3.8, 4) is 5.75 Å². The zero-order valence-electron chi connectivity index (χ0n) is 15.9. The predicted molar refractivity (Wildman–Crippen MR) is 105 cm³/mol. The van der Waals surface area contributed by atoms with Crippen LogP contribution in [0.5, 0.6) is 5.75 Å². The lowest BCUT2D eigenvalue weighted by atomic mass is 10.3. The zero-order chi connectivity index (χ0) is 20.9. The molecule has 1 amide bonds. The van der Waals surface area contributed by atoms with Crippen molar-refractivity contribution >= 4 is 28.9 Å². The highest BCUT2D eigenvalue weighted by Crippen LogP contribution is 2.17. The molecule has 0 spiro atoms. The summed E-state index contributed by atoms with van der Waals surface area (Å²) < 4.78 is 16.2. The lowest BCUT2D eigenvalue weighted by molar-refractivity contribution is -0.123. The average molecular weight is 407 g/mol. The van der Waals surface area contributed by atoms with Crippen LogP contribution in [-0.4, -0.2) is 37.9 Å². The smallest absolute Gasteiger partial charge is 0.375 e. The molecule has 4 rings (SSSR count). The first-order valence-electron chi connectivity index (χ1n) is 9.02. The molecule has 10 nitrogen and oxygen atoms in total. The van der Waals surface area contributed by atoms with E-state index in [-0.39, 0.29) is 18.2 Å². The molecule has 1 atom stereocenters. The summed E-state index contributed by atoms with van der Waals surface area (Å²) in [6, 6.07) is 12.3. The Morgan fingerprint density at radius 3 is 2.80 bits per heavy atom. The Morgan fingerprint density at radius 1 is 1.13 bits per heavy atom. The number of esters is 1. The van der Waals surface area contributed by atoms with Crippen LogP contribution < -0.4 is 10.1 Å².